The summed E-state index contributed by atoms with van der Waals surface area (Å²) < 4.78 is 38.9. The van der Waals surface area contributed by atoms with Gasteiger partial charge in [0.15, 0.2) is 0 Å². The number of halogens is 2. The second-order valence-electron chi connectivity index (χ2n) is 6.05. The van der Waals surface area contributed by atoms with Crippen LogP contribution in [0.25, 0.3) is 0 Å². The van der Waals surface area contributed by atoms with Gasteiger partial charge in [0, 0.05) is 24.2 Å². The van der Waals surface area contributed by atoms with Crippen molar-refractivity contribution >= 4 is 34.0 Å². The second kappa shape index (κ2) is 10.5. The summed E-state index contributed by atoms with van der Waals surface area (Å²) in [6, 6.07) is 4.50. The van der Waals surface area contributed by atoms with Crippen LogP contribution in [-0.4, -0.2) is 40.3 Å². The van der Waals surface area contributed by atoms with E-state index in [0.29, 0.717) is 18.1 Å². The van der Waals surface area contributed by atoms with E-state index >= 15 is 0 Å². The van der Waals surface area contributed by atoms with E-state index in [4.69, 9.17) is 26.8 Å². The normalized spacial score (nSPS) is 19.1. The number of sulfonamides is 1. The maximum absolute atomic E-state index is 12.5. The first-order valence-corrected chi connectivity index (χ1v) is 10.0. The Bertz CT molecular complexity index is 635. The van der Waals surface area contributed by atoms with Gasteiger partial charge in [0.25, 0.3) is 0 Å². The van der Waals surface area contributed by atoms with E-state index in [0.717, 1.165) is 25.9 Å². The number of nitrogens with two attached hydrogens (primary N) is 1. The lowest BCUT2D eigenvalue weighted by Gasteiger charge is -2.23. The van der Waals surface area contributed by atoms with Crippen LogP contribution in [0.3, 0.4) is 0 Å². The van der Waals surface area contributed by atoms with Gasteiger partial charge in [0.2, 0.25) is 10.0 Å². The van der Waals surface area contributed by atoms with Gasteiger partial charge in [0.1, 0.15) is 17.3 Å². The Morgan fingerprint density at radius 1 is 1.44 bits per heavy atom. The molecule has 1 aliphatic heterocycles. The van der Waals surface area contributed by atoms with E-state index in [1.54, 1.807) is 12.1 Å². The van der Waals surface area contributed by atoms with E-state index < -0.39 is 10.0 Å². The van der Waals surface area contributed by atoms with Crippen molar-refractivity contribution < 1.29 is 17.9 Å². The zero-order valence-electron chi connectivity index (χ0n) is 14.2. The van der Waals surface area contributed by atoms with Gasteiger partial charge >= 0.3 is 0 Å². The standard InChI is InChI=1S/C16H25ClN2O4S.ClH/c1-12(18)7-8-19-24(20,21)16-10-13(17)5-6-15(16)23-11-14-4-2-3-9-22-14;/h5-6,10,12,14,19H,2-4,7-9,11,18H2,1H3;1H. The first-order valence-electron chi connectivity index (χ1n) is 8.17. The average Bonchev–Trinajstić information content (AvgIpc) is 2.54. The number of hydrogen-bond donors (Lipinski definition) is 2. The molecule has 0 saturated carbocycles. The summed E-state index contributed by atoms with van der Waals surface area (Å²) in [5, 5.41) is 0.337. The Balaban J connectivity index is 0.00000312. The van der Waals surface area contributed by atoms with Crippen molar-refractivity contribution in [3.05, 3.63) is 23.2 Å². The molecular formula is C16H26Cl2N2O4S. The van der Waals surface area contributed by atoms with Gasteiger partial charge in [-0.05, 0) is 50.8 Å². The highest BCUT2D eigenvalue weighted by Crippen LogP contribution is 2.28. The van der Waals surface area contributed by atoms with E-state index in [9.17, 15) is 8.42 Å². The van der Waals surface area contributed by atoms with Crippen LogP contribution in [0.5, 0.6) is 5.75 Å². The van der Waals surface area contributed by atoms with Crippen molar-refractivity contribution in [1.29, 1.82) is 0 Å². The Labute approximate surface area is 160 Å². The Hall–Kier alpha value is -0.570. The third-order valence-electron chi connectivity index (χ3n) is 3.79. The largest absolute Gasteiger partial charge is 0.489 e. The molecule has 1 saturated heterocycles. The van der Waals surface area contributed by atoms with Gasteiger partial charge in [-0.2, -0.15) is 0 Å². The fraction of sp³-hybridized carbons (Fsp3) is 0.625. The molecule has 1 aliphatic rings. The van der Waals surface area contributed by atoms with Gasteiger partial charge < -0.3 is 15.2 Å². The van der Waals surface area contributed by atoms with Gasteiger partial charge in [-0.3, -0.25) is 0 Å². The molecule has 1 fully saturated rings. The summed E-state index contributed by atoms with van der Waals surface area (Å²) in [6.07, 6.45) is 3.61. The van der Waals surface area contributed by atoms with Crippen LogP contribution in [0.2, 0.25) is 5.02 Å². The van der Waals surface area contributed by atoms with Gasteiger partial charge in [-0.15, -0.1) is 12.4 Å². The second-order valence-corrected chi connectivity index (χ2v) is 8.23. The zero-order valence-corrected chi connectivity index (χ0v) is 16.6. The molecule has 0 spiro atoms. The fourth-order valence-corrected chi connectivity index (χ4v) is 3.88. The van der Waals surface area contributed by atoms with Crippen molar-refractivity contribution in [2.45, 2.75) is 49.6 Å². The average molecular weight is 413 g/mol. The Morgan fingerprint density at radius 3 is 2.84 bits per heavy atom. The van der Waals surface area contributed by atoms with Crippen molar-refractivity contribution in [2.24, 2.45) is 5.73 Å². The number of benzene rings is 1. The maximum Gasteiger partial charge on any atom is 0.244 e. The first-order chi connectivity index (χ1) is 11.4. The highest BCUT2D eigenvalue weighted by molar-refractivity contribution is 7.89. The molecule has 0 amide bonds. The molecule has 0 aliphatic carbocycles. The molecule has 1 aromatic rings. The Kier molecular flexibility index (Phi) is 9.48. The Morgan fingerprint density at radius 2 is 2.20 bits per heavy atom. The molecule has 25 heavy (non-hydrogen) atoms. The van der Waals surface area contributed by atoms with Gasteiger partial charge in [-0.1, -0.05) is 11.6 Å². The van der Waals surface area contributed by atoms with Crippen LogP contribution in [0.1, 0.15) is 32.6 Å². The van der Waals surface area contributed by atoms with Crippen LogP contribution in [0.15, 0.2) is 23.1 Å². The molecule has 3 N–H and O–H groups in total. The molecule has 1 heterocycles. The van der Waals surface area contributed by atoms with Crippen LogP contribution in [0.4, 0.5) is 0 Å². The van der Waals surface area contributed by atoms with Crippen molar-refractivity contribution in [1.82, 2.24) is 4.72 Å². The van der Waals surface area contributed by atoms with Crippen LogP contribution in [0, 0.1) is 0 Å². The van der Waals surface area contributed by atoms with Gasteiger partial charge in [0.05, 0.1) is 6.10 Å². The minimum Gasteiger partial charge on any atom is -0.489 e. The molecule has 0 radical (unpaired) electrons. The molecule has 1 aromatic carbocycles. The van der Waals surface area contributed by atoms with E-state index in [2.05, 4.69) is 4.72 Å². The van der Waals surface area contributed by atoms with E-state index in [1.165, 1.54) is 6.07 Å². The summed E-state index contributed by atoms with van der Waals surface area (Å²) in [5.41, 5.74) is 5.65. The molecule has 0 bridgehead atoms. The van der Waals surface area contributed by atoms with Crippen LogP contribution in [-0.2, 0) is 14.8 Å². The van der Waals surface area contributed by atoms with E-state index in [-0.39, 0.29) is 41.7 Å². The number of hydrogen-bond acceptors (Lipinski definition) is 5. The van der Waals surface area contributed by atoms with Gasteiger partial charge in [-0.25, -0.2) is 13.1 Å². The molecule has 2 atom stereocenters. The summed E-state index contributed by atoms with van der Waals surface area (Å²) in [6.45, 7) is 3.13. The molecule has 2 unspecified atom stereocenters. The van der Waals surface area contributed by atoms with E-state index in [1.807, 2.05) is 6.92 Å². The quantitative estimate of drug-likeness (QED) is 0.684. The third kappa shape index (κ3) is 7.29. The molecular weight excluding hydrogens is 387 g/mol. The topological polar surface area (TPSA) is 90.7 Å². The third-order valence-corrected chi connectivity index (χ3v) is 5.50. The smallest absolute Gasteiger partial charge is 0.244 e. The van der Waals surface area contributed by atoms with Crippen molar-refractivity contribution in [3.63, 3.8) is 0 Å². The van der Waals surface area contributed by atoms with Crippen LogP contribution >= 0.6 is 24.0 Å². The number of rotatable bonds is 8. The number of nitrogens with one attached hydrogen (secondary N) is 1. The lowest BCUT2D eigenvalue weighted by molar-refractivity contribution is -0.0116. The zero-order chi connectivity index (χ0) is 17.6. The molecule has 9 heteroatoms. The van der Waals surface area contributed by atoms with Crippen molar-refractivity contribution in [3.8, 4) is 5.75 Å². The van der Waals surface area contributed by atoms with Crippen LogP contribution < -0.4 is 15.2 Å². The lowest BCUT2D eigenvalue weighted by atomic mass is 10.1. The molecule has 144 valence electrons. The highest BCUT2D eigenvalue weighted by atomic mass is 35.5. The summed E-state index contributed by atoms with van der Waals surface area (Å²) in [4.78, 5) is 0.0375. The number of ether oxygens (including phenoxy) is 2. The summed E-state index contributed by atoms with van der Waals surface area (Å²) >= 11 is 5.96. The summed E-state index contributed by atoms with van der Waals surface area (Å²) in [7, 11) is -3.72. The molecule has 2 rings (SSSR count). The molecule has 0 aromatic heterocycles. The SMILES string of the molecule is CC(N)CCNS(=O)(=O)c1cc(Cl)ccc1OCC1CCCCO1.Cl. The fourth-order valence-electron chi connectivity index (χ4n) is 2.43. The monoisotopic (exact) mass is 412 g/mol. The maximum atomic E-state index is 12.5. The predicted molar refractivity (Wildman–Crippen MR) is 101 cm³/mol. The lowest BCUT2D eigenvalue weighted by Crippen LogP contribution is -2.30. The minimum absolute atomic E-state index is 0. The highest BCUT2D eigenvalue weighted by Gasteiger charge is 2.22. The predicted octanol–water partition coefficient (Wildman–Crippen LogP) is 2.73. The summed E-state index contributed by atoms with van der Waals surface area (Å²) in [5.74, 6) is 0.280. The first kappa shape index (κ1) is 22.5. The molecule has 6 nitrogen and oxygen atoms in total. The van der Waals surface area contributed by atoms with Crippen molar-refractivity contribution in [2.75, 3.05) is 19.8 Å². The minimum atomic E-state index is -3.72.